The first-order valence-electron chi connectivity index (χ1n) is 5.18. The molecule has 2 nitrogen and oxygen atoms in total. The maximum atomic E-state index is 13.4. The van der Waals surface area contributed by atoms with Gasteiger partial charge in [0, 0.05) is 10.5 Å². The van der Waals surface area contributed by atoms with Gasteiger partial charge < -0.3 is 10.5 Å². The molecule has 0 fully saturated rings. The molecule has 0 heterocycles. The number of nitrogen functional groups attached to an aromatic ring is 1. The van der Waals surface area contributed by atoms with Crippen LogP contribution in [-0.2, 0) is 6.61 Å². The average Bonchev–Trinajstić information content (AvgIpc) is 2.32. The van der Waals surface area contributed by atoms with Crippen molar-refractivity contribution < 1.29 is 9.13 Å². The first-order chi connectivity index (χ1) is 8.56. The Morgan fingerprint density at radius 3 is 2.78 bits per heavy atom. The fourth-order valence-corrected chi connectivity index (χ4v) is 2.39. The first kappa shape index (κ1) is 13.6. The highest BCUT2D eigenvalue weighted by Crippen LogP contribution is 2.27. The summed E-state index contributed by atoms with van der Waals surface area (Å²) in [6.07, 6.45) is 0. The van der Waals surface area contributed by atoms with Crippen molar-refractivity contribution in [1.29, 1.82) is 0 Å². The van der Waals surface area contributed by atoms with Crippen molar-refractivity contribution in [3.8, 4) is 5.75 Å². The Morgan fingerprint density at radius 1 is 1.28 bits per heavy atom. The van der Waals surface area contributed by atoms with E-state index in [0.29, 0.717) is 21.6 Å². The molecule has 0 radical (unpaired) electrons. The van der Waals surface area contributed by atoms with Crippen LogP contribution in [0.5, 0.6) is 5.75 Å². The van der Waals surface area contributed by atoms with Crippen LogP contribution < -0.4 is 10.5 Å². The molecule has 0 unspecified atom stereocenters. The lowest BCUT2D eigenvalue weighted by molar-refractivity contribution is 0.306. The number of rotatable bonds is 3. The van der Waals surface area contributed by atoms with Gasteiger partial charge in [-0.2, -0.15) is 0 Å². The summed E-state index contributed by atoms with van der Waals surface area (Å²) >= 11 is 5.28. The molecule has 0 saturated carbocycles. The van der Waals surface area contributed by atoms with Crippen LogP contribution in [0.2, 0.25) is 0 Å². The van der Waals surface area contributed by atoms with Crippen molar-refractivity contribution in [2.75, 3.05) is 5.73 Å². The maximum absolute atomic E-state index is 13.4. The van der Waals surface area contributed by atoms with Crippen LogP contribution in [0.15, 0.2) is 40.9 Å². The van der Waals surface area contributed by atoms with E-state index in [0.717, 1.165) is 10.0 Å². The second-order valence-electron chi connectivity index (χ2n) is 3.72. The van der Waals surface area contributed by atoms with Gasteiger partial charge in [-0.15, -0.1) is 0 Å². The summed E-state index contributed by atoms with van der Waals surface area (Å²) in [7, 11) is 0. The van der Waals surface area contributed by atoms with Crippen LogP contribution in [0.4, 0.5) is 10.1 Å². The number of benzene rings is 2. The molecule has 0 aliphatic heterocycles. The number of anilines is 1. The molecule has 2 N–H and O–H groups in total. The summed E-state index contributed by atoms with van der Waals surface area (Å²) in [5.41, 5.74) is 7.21. The highest BCUT2D eigenvalue weighted by molar-refractivity contribution is 14.1. The predicted molar refractivity (Wildman–Crippen MR) is 82.0 cm³/mol. The Kier molecular flexibility index (Phi) is 4.45. The van der Waals surface area contributed by atoms with Gasteiger partial charge in [-0.25, -0.2) is 4.39 Å². The Morgan fingerprint density at radius 2 is 2.06 bits per heavy atom. The van der Waals surface area contributed by atoms with Gasteiger partial charge in [-0.1, -0.05) is 28.1 Å². The Hall–Kier alpha value is -0.820. The zero-order valence-electron chi connectivity index (χ0n) is 9.29. The Bertz CT molecular complexity index is 577. The van der Waals surface area contributed by atoms with Gasteiger partial charge in [0.05, 0.1) is 9.26 Å². The molecule has 2 aromatic rings. The molecule has 0 spiro atoms. The molecule has 0 bridgehead atoms. The molecule has 94 valence electrons. The first-order valence-corrected chi connectivity index (χ1v) is 7.05. The summed E-state index contributed by atoms with van der Waals surface area (Å²) in [6.45, 7) is 0.351. The third-order valence-corrected chi connectivity index (χ3v) is 3.66. The highest BCUT2D eigenvalue weighted by atomic mass is 127. The smallest absolute Gasteiger partial charge is 0.145 e. The van der Waals surface area contributed by atoms with E-state index in [1.54, 1.807) is 6.07 Å². The van der Waals surface area contributed by atoms with Crippen LogP contribution >= 0.6 is 38.5 Å². The molecular formula is C13H10BrFINO. The molecule has 2 rings (SSSR count). The maximum Gasteiger partial charge on any atom is 0.145 e. The van der Waals surface area contributed by atoms with Crippen LogP contribution in [0.25, 0.3) is 0 Å². The molecule has 0 atom stereocenters. The lowest BCUT2D eigenvalue weighted by atomic mass is 10.2. The molecule has 5 heteroatoms. The third kappa shape index (κ3) is 3.35. The molecule has 0 amide bonds. The lowest BCUT2D eigenvalue weighted by Gasteiger charge is -2.10. The van der Waals surface area contributed by atoms with Gasteiger partial charge in [0.15, 0.2) is 0 Å². The van der Waals surface area contributed by atoms with Gasteiger partial charge in [-0.3, -0.25) is 0 Å². The van der Waals surface area contributed by atoms with E-state index in [4.69, 9.17) is 10.5 Å². The average molecular weight is 422 g/mol. The summed E-state index contributed by atoms with van der Waals surface area (Å²) in [4.78, 5) is 0. The minimum Gasteiger partial charge on any atom is -0.487 e. The van der Waals surface area contributed by atoms with Crippen molar-refractivity contribution in [1.82, 2.24) is 0 Å². The lowest BCUT2D eigenvalue weighted by Crippen LogP contribution is -2.00. The monoisotopic (exact) mass is 421 g/mol. The van der Waals surface area contributed by atoms with Crippen molar-refractivity contribution in [3.63, 3.8) is 0 Å². The van der Waals surface area contributed by atoms with Crippen molar-refractivity contribution in [2.45, 2.75) is 6.61 Å². The van der Waals surface area contributed by atoms with Gasteiger partial charge in [0.25, 0.3) is 0 Å². The van der Waals surface area contributed by atoms with Gasteiger partial charge in [-0.05, 0) is 46.4 Å². The molecule has 0 aliphatic carbocycles. The normalized spacial score (nSPS) is 10.4. The fourth-order valence-electron chi connectivity index (χ4n) is 1.46. The highest BCUT2D eigenvalue weighted by Gasteiger charge is 2.07. The van der Waals surface area contributed by atoms with E-state index >= 15 is 0 Å². The number of halogens is 3. The van der Waals surface area contributed by atoms with Crippen LogP contribution in [0, 0.1) is 9.39 Å². The molecular weight excluding hydrogens is 412 g/mol. The van der Waals surface area contributed by atoms with Crippen LogP contribution in [-0.4, -0.2) is 0 Å². The van der Waals surface area contributed by atoms with Gasteiger partial charge in [0.2, 0.25) is 0 Å². The number of hydrogen-bond acceptors (Lipinski definition) is 2. The fraction of sp³-hybridized carbons (Fsp3) is 0.0769. The predicted octanol–water partition coefficient (Wildman–Crippen LogP) is 4.35. The second-order valence-corrected chi connectivity index (χ2v) is 5.80. The molecule has 0 saturated heterocycles. The molecule has 0 aromatic heterocycles. The Balaban J connectivity index is 2.13. The van der Waals surface area contributed by atoms with E-state index in [2.05, 4.69) is 15.9 Å². The van der Waals surface area contributed by atoms with E-state index in [1.807, 2.05) is 46.9 Å². The zero-order chi connectivity index (χ0) is 13.1. The van der Waals surface area contributed by atoms with E-state index in [1.165, 1.54) is 6.07 Å². The minimum atomic E-state index is -0.325. The molecule has 2 aromatic carbocycles. The van der Waals surface area contributed by atoms with E-state index in [-0.39, 0.29) is 5.82 Å². The largest absolute Gasteiger partial charge is 0.487 e. The zero-order valence-corrected chi connectivity index (χ0v) is 13.0. The molecule has 18 heavy (non-hydrogen) atoms. The van der Waals surface area contributed by atoms with Crippen molar-refractivity contribution in [2.24, 2.45) is 0 Å². The number of hydrogen-bond donors (Lipinski definition) is 1. The second kappa shape index (κ2) is 5.88. The van der Waals surface area contributed by atoms with Crippen molar-refractivity contribution >= 4 is 44.2 Å². The standard InChI is InChI=1S/C13H10BrFINO/c14-9-3-1-2-8(4-9)7-18-13-5-10(15)11(16)6-12(13)17/h1-6H,7,17H2. The minimum absolute atomic E-state index is 0.325. The number of ether oxygens (including phenoxy) is 1. The summed E-state index contributed by atoms with van der Waals surface area (Å²) < 4.78 is 20.4. The Labute approximate surface area is 127 Å². The molecule has 0 aliphatic rings. The van der Waals surface area contributed by atoms with Gasteiger partial charge >= 0.3 is 0 Å². The SMILES string of the molecule is Nc1cc(I)c(F)cc1OCc1cccc(Br)c1. The summed E-state index contributed by atoms with van der Waals surface area (Å²) in [5.74, 6) is 0.0435. The number of nitrogens with two attached hydrogens (primary N) is 1. The van der Waals surface area contributed by atoms with Crippen molar-refractivity contribution in [3.05, 3.63) is 55.8 Å². The van der Waals surface area contributed by atoms with Gasteiger partial charge in [0.1, 0.15) is 18.2 Å². The quantitative estimate of drug-likeness (QED) is 0.590. The van der Waals surface area contributed by atoms with E-state index < -0.39 is 0 Å². The summed E-state index contributed by atoms with van der Waals surface area (Å²) in [5, 5.41) is 0. The van der Waals surface area contributed by atoms with Crippen LogP contribution in [0.3, 0.4) is 0 Å². The summed E-state index contributed by atoms with van der Waals surface area (Å²) in [6, 6.07) is 10.6. The topological polar surface area (TPSA) is 35.2 Å². The van der Waals surface area contributed by atoms with E-state index in [9.17, 15) is 4.39 Å². The third-order valence-electron chi connectivity index (χ3n) is 2.34. The van der Waals surface area contributed by atoms with Crippen LogP contribution in [0.1, 0.15) is 5.56 Å².